The summed E-state index contributed by atoms with van der Waals surface area (Å²) < 4.78 is 12.3. The summed E-state index contributed by atoms with van der Waals surface area (Å²) in [5.41, 5.74) is 0. The van der Waals surface area contributed by atoms with Crippen LogP contribution in [0.1, 0.15) is 33.1 Å². The van der Waals surface area contributed by atoms with Crippen LogP contribution in [0, 0.1) is 5.92 Å². The van der Waals surface area contributed by atoms with Gasteiger partial charge in [-0.3, -0.25) is 0 Å². The van der Waals surface area contributed by atoms with E-state index in [1.807, 2.05) is 6.08 Å². The van der Waals surface area contributed by atoms with Gasteiger partial charge in [-0.1, -0.05) is 25.5 Å². The molecule has 0 radical (unpaired) electrons. The summed E-state index contributed by atoms with van der Waals surface area (Å²) in [6.45, 7) is 7.31. The second-order valence-electron chi connectivity index (χ2n) is 2.81. The molecule has 0 amide bonds. The lowest BCUT2D eigenvalue weighted by Crippen LogP contribution is -1.92. The number of hydrogen-bond donors (Lipinski definition) is 0. The van der Waals surface area contributed by atoms with Crippen molar-refractivity contribution in [2.24, 2.45) is 5.92 Å². The van der Waals surface area contributed by atoms with Gasteiger partial charge in [0.2, 0.25) is 0 Å². The van der Waals surface area contributed by atoms with Crippen molar-refractivity contribution in [3.05, 3.63) is 24.6 Å². The van der Waals surface area contributed by atoms with Crippen molar-refractivity contribution < 1.29 is 4.39 Å². The molecule has 0 aromatic heterocycles. The summed E-state index contributed by atoms with van der Waals surface area (Å²) in [4.78, 5) is 0. The molecule has 0 fully saturated rings. The van der Waals surface area contributed by atoms with Crippen LogP contribution in [0.3, 0.4) is 0 Å². The van der Waals surface area contributed by atoms with Gasteiger partial charge in [0.05, 0.1) is 5.83 Å². The lowest BCUT2D eigenvalue weighted by Gasteiger charge is -2.06. The minimum absolute atomic E-state index is 0.0899. The molecule has 0 spiro atoms. The Hall–Kier alpha value is -0.590. The SMILES string of the molecule is C=C[C@@H](C/C=C(\C)F)CCC. The molecular weight excluding hydrogens is 139 g/mol. The largest absolute Gasteiger partial charge is 0.212 e. The van der Waals surface area contributed by atoms with Gasteiger partial charge in [-0.2, -0.15) is 0 Å². The van der Waals surface area contributed by atoms with Crippen LogP contribution in [0.4, 0.5) is 4.39 Å². The number of rotatable bonds is 5. The lowest BCUT2D eigenvalue weighted by atomic mass is 10.00. The van der Waals surface area contributed by atoms with Crippen LogP contribution >= 0.6 is 0 Å². The van der Waals surface area contributed by atoms with Crippen molar-refractivity contribution in [2.75, 3.05) is 0 Å². The molecule has 0 N–H and O–H groups in total. The average molecular weight is 156 g/mol. The first-order valence-corrected chi connectivity index (χ1v) is 4.15. The van der Waals surface area contributed by atoms with E-state index in [1.165, 1.54) is 6.92 Å². The van der Waals surface area contributed by atoms with Gasteiger partial charge in [-0.25, -0.2) is 4.39 Å². The van der Waals surface area contributed by atoms with Crippen molar-refractivity contribution in [3.63, 3.8) is 0 Å². The Kier molecular flexibility index (Phi) is 5.81. The van der Waals surface area contributed by atoms with Crippen LogP contribution in [0.2, 0.25) is 0 Å². The Morgan fingerprint density at radius 3 is 2.64 bits per heavy atom. The second-order valence-corrected chi connectivity index (χ2v) is 2.81. The zero-order chi connectivity index (χ0) is 8.69. The first-order chi connectivity index (χ1) is 5.20. The quantitative estimate of drug-likeness (QED) is 0.530. The predicted octanol–water partition coefficient (Wildman–Crippen LogP) is 3.85. The molecule has 11 heavy (non-hydrogen) atoms. The number of allylic oxidation sites excluding steroid dienone is 3. The Balaban J connectivity index is 3.69. The molecule has 0 aliphatic rings. The highest BCUT2D eigenvalue weighted by Gasteiger charge is 1.99. The number of halogens is 1. The smallest absolute Gasteiger partial charge is 0.0929 e. The number of hydrogen-bond acceptors (Lipinski definition) is 0. The molecule has 0 aromatic carbocycles. The van der Waals surface area contributed by atoms with E-state index in [1.54, 1.807) is 6.08 Å². The van der Waals surface area contributed by atoms with E-state index in [2.05, 4.69) is 13.5 Å². The molecule has 0 rings (SSSR count). The van der Waals surface area contributed by atoms with Gasteiger partial charge in [0.15, 0.2) is 0 Å². The molecule has 0 heterocycles. The maximum atomic E-state index is 12.3. The van der Waals surface area contributed by atoms with Crippen LogP contribution < -0.4 is 0 Å². The highest BCUT2D eigenvalue weighted by Crippen LogP contribution is 2.13. The van der Waals surface area contributed by atoms with Crippen molar-refractivity contribution in [3.8, 4) is 0 Å². The zero-order valence-corrected chi connectivity index (χ0v) is 7.44. The Labute approximate surface area is 68.8 Å². The van der Waals surface area contributed by atoms with E-state index < -0.39 is 0 Å². The highest BCUT2D eigenvalue weighted by molar-refractivity contribution is 4.92. The van der Waals surface area contributed by atoms with Gasteiger partial charge < -0.3 is 0 Å². The third-order valence-corrected chi connectivity index (χ3v) is 1.69. The summed E-state index contributed by atoms with van der Waals surface area (Å²) in [5, 5.41) is 0. The van der Waals surface area contributed by atoms with E-state index >= 15 is 0 Å². The molecule has 0 aromatic rings. The van der Waals surface area contributed by atoms with Crippen LogP contribution in [0.5, 0.6) is 0 Å². The summed E-state index contributed by atoms with van der Waals surface area (Å²) in [6.07, 6.45) is 6.56. The third kappa shape index (κ3) is 5.84. The first-order valence-electron chi connectivity index (χ1n) is 4.15. The topological polar surface area (TPSA) is 0 Å². The van der Waals surface area contributed by atoms with Crippen molar-refractivity contribution in [2.45, 2.75) is 33.1 Å². The van der Waals surface area contributed by atoms with Crippen LogP contribution in [0.25, 0.3) is 0 Å². The summed E-state index contributed by atoms with van der Waals surface area (Å²) in [7, 11) is 0. The van der Waals surface area contributed by atoms with Crippen molar-refractivity contribution in [1.29, 1.82) is 0 Å². The van der Waals surface area contributed by atoms with Gasteiger partial charge >= 0.3 is 0 Å². The maximum absolute atomic E-state index is 12.3. The van der Waals surface area contributed by atoms with E-state index in [-0.39, 0.29) is 5.83 Å². The minimum atomic E-state index is -0.0899. The fourth-order valence-corrected chi connectivity index (χ4v) is 1.02. The summed E-state index contributed by atoms with van der Waals surface area (Å²) in [5.74, 6) is 0.360. The zero-order valence-electron chi connectivity index (χ0n) is 7.44. The van der Waals surface area contributed by atoms with Crippen molar-refractivity contribution in [1.82, 2.24) is 0 Å². The molecule has 0 nitrogen and oxygen atoms in total. The summed E-state index contributed by atoms with van der Waals surface area (Å²) in [6, 6.07) is 0. The van der Waals surface area contributed by atoms with Crippen LogP contribution in [-0.2, 0) is 0 Å². The average Bonchev–Trinajstić information content (AvgIpc) is 1.97. The van der Waals surface area contributed by atoms with Gasteiger partial charge in [-0.05, 0) is 25.7 Å². The van der Waals surface area contributed by atoms with Gasteiger partial charge in [0.25, 0.3) is 0 Å². The Morgan fingerprint density at radius 1 is 1.64 bits per heavy atom. The molecule has 0 aliphatic carbocycles. The second kappa shape index (κ2) is 6.14. The van der Waals surface area contributed by atoms with Crippen LogP contribution in [0.15, 0.2) is 24.6 Å². The summed E-state index contributed by atoms with van der Waals surface area (Å²) >= 11 is 0. The monoisotopic (exact) mass is 156 g/mol. The fourth-order valence-electron chi connectivity index (χ4n) is 1.02. The highest BCUT2D eigenvalue weighted by atomic mass is 19.1. The van der Waals surface area contributed by atoms with E-state index in [9.17, 15) is 4.39 Å². The first kappa shape index (κ1) is 10.4. The Bertz CT molecular complexity index is 132. The molecule has 0 aliphatic heterocycles. The van der Waals surface area contributed by atoms with E-state index in [0.717, 1.165) is 19.3 Å². The molecule has 0 saturated heterocycles. The molecule has 64 valence electrons. The van der Waals surface area contributed by atoms with Crippen molar-refractivity contribution >= 4 is 0 Å². The Morgan fingerprint density at radius 2 is 2.27 bits per heavy atom. The standard InChI is InChI=1S/C10H17F/c1-4-6-10(5-2)8-7-9(3)11/h5,7,10H,2,4,6,8H2,1,3H3/b9-7+/t10-/m1/s1. The third-order valence-electron chi connectivity index (χ3n) is 1.69. The van der Waals surface area contributed by atoms with Crippen LogP contribution in [-0.4, -0.2) is 0 Å². The predicted molar refractivity (Wildman–Crippen MR) is 48.1 cm³/mol. The van der Waals surface area contributed by atoms with Gasteiger partial charge in [0, 0.05) is 0 Å². The molecule has 1 atom stereocenters. The molecule has 1 heteroatoms. The normalized spacial score (nSPS) is 14.6. The molecule has 0 saturated carbocycles. The fraction of sp³-hybridized carbons (Fsp3) is 0.600. The van der Waals surface area contributed by atoms with Gasteiger partial charge in [0.1, 0.15) is 0 Å². The minimum Gasteiger partial charge on any atom is -0.212 e. The van der Waals surface area contributed by atoms with Gasteiger partial charge in [-0.15, -0.1) is 6.58 Å². The lowest BCUT2D eigenvalue weighted by molar-refractivity contribution is 0.570. The molecule has 0 unspecified atom stereocenters. The van der Waals surface area contributed by atoms with E-state index in [4.69, 9.17) is 0 Å². The van der Waals surface area contributed by atoms with E-state index in [0.29, 0.717) is 5.92 Å². The molecule has 0 bridgehead atoms. The maximum Gasteiger partial charge on any atom is 0.0929 e. The molecular formula is C10H17F.